The zero-order valence-corrected chi connectivity index (χ0v) is 9.41. The third-order valence-electron chi connectivity index (χ3n) is 2.77. The first kappa shape index (κ1) is 11.0. The average molecular weight is 221 g/mol. The van der Waals surface area contributed by atoms with Crippen LogP contribution < -0.4 is 10.1 Å². The zero-order valence-electron chi connectivity index (χ0n) is 9.41. The summed E-state index contributed by atoms with van der Waals surface area (Å²) in [6.45, 7) is 3.90. The number of amides is 1. The van der Waals surface area contributed by atoms with E-state index < -0.39 is 5.41 Å². The Labute approximate surface area is 94.2 Å². The van der Waals surface area contributed by atoms with Crippen LogP contribution in [0.15, 0.2) is 18.2 Å². The molecule has 0 saturated carbocycles. The number of fused-ring (bicyclic) bond motifs is 1. The smallest absolute Gasteiger partial charge is 0.262 e. The molecule has 1 aromatic carbocycles. The van der Waals surface area contributed by atoms with Crippen LogP contribution >= 0.6 is 0 Å². The summed E-state index contributed by atoms with van der Waals surface area (Å²) >= 11 is 0. The maximum Gasteiger partial charge on any atom is 0.262 e. The lowest BCUT2D eigenvalue weighted by Crippen LogP contribution is -2.30. The molecule has 4 nitrogen and oxygen atoms in total. The Morgan fingerprint density at radius 1 is 1.50 bits per heavy atom. The number of carbonyl (C=O) groups is 1. The number of hydrogen-bond acceptors (Lipinski definition) is 3. The molecule has 0 atom stereocenters. The molecule has 0 bridgehead atoms. The largest absolute Gasteiger partial charge is 0.482 e. The van der Waals surface area contributed by atoms with Crippen LogP contribution in [0.4, 0.5) is 5.69 Å². The van der Waals surface area contributed by atoms with E-state index >= 15 is 0 Å². The summed E-state index contributed by atoms with van der Waals surface area (Å²) in [5, 5.41) is 12.2. The van der Waals surface area contributed by atoms with Crippen molar-refractivity contribution in [2.75, 3.05) is 18.5 Å². The van der Waals surface area contributed by atoms with E-state index in [1.54, 1.807) is 0 Å². The van der Waals surface area contributed by atoms with Gasteiger partial charge in [0, 0.05) is 5.41 Å². The molecule has 0 radical (unpaired) electrons. The lowest BCUT2D eigenvalue weighted by Gasteiger charge is -2.28. The van der Waals surface area contributed by atoms with Crippen molar-refractivity contribution in [3.63, 3.8) is 0 Å². The predicted octanol–water partition coefficient (Wildman–Crippen LogP) is 1.29. The number of hydrogen-bond donors (Lipinski definition) is 2. The number of benzene rings is 1. The van der Waals surface area contributed by atoms with Gasteiger partial charge in [-0.15, -0.1) is 0 Å². The summed E-state index contributed by atoms with van der Waals surface area (Å²) < 4.78 is 5.32. The van der Waals surface area contributed by atoms with E-state index in [1.807, 2.05) is 32.0 Å². The van der Waals surface area contributed by atoms with Crippen LogP contribution in [0.3, 0.4) is 0 Å². The molecule has 2 N–H and O–H groups in total. The Morgan fingerprint density at radius 2 is 2.25 bits per heavy atom. The van der Waals surface area contributed by atoms with Gasteiger partial charge in [0.1, 0.15) is 5.75 Å². The van der Waals surface area contributed by atoms with E-state index in [-0.39, 0.29) is 19.1 Å². The molecule has 1 aliphatic rings. The molecule has 0 aliphatic carbocycles. The van der Waals surface area contributed by atoms with Crippen molar-refractivity contribution >= 4 is 11.6 Å². The number of anilines is 1. The van der Waals surface area contributed by atoms with Gasteiger partial charge in [-0.2, -0.15) is 0 Å². The first-order chi connectivity index (χ1) is 7.54. The van der Waals surface area contributed by atoms with Gasteiger partial charge in [-0.25, -0.2) is 0 Å². The third kappa shape index (κ3) is 1.76. The number of aliphatic hydroxyl groups is 1. The standard InChI is InChI=1S/C12H15NO3/c1-12(2,7-14)8-4-3-5-9-11(8)13-10(15)6-16-9/h3-5,14H,6-7H2,1-2H3,(H,13,15). The van der Waals surface area contributed by atoms with Gasteiger partial charge in [-0.3, -0.25) is 4.79 Å². The summed E-state index contributed by atoms with van der Waals surface area (Å²) in [4.78, 5) is 11.3. The van der Waals surface area contributed by atoms with Crippen LogP contribution in [0.25, 0.3) is 0 Å². The fourth-order valence-electron chi connectivity index (χ4n) is 1.75. The van der Waals surface area contributed by atoms with Gasteiger partial charge in [0.25, 0.3) is 5.91 Å². The Hall–Kier alpha value is -1.55. The van der Waals surface area contributed by atoms with Crippen LogP contribution in [-0.4, -0.2) is 24.2 Å². The molecule has 2 rings (SSSR count). The molecule has 1 heterocycles. The van der Waals surface area contributed by atoms with E-state index in [4.69, 9.17) is 4.74 Å². The summed E-state index contributed by atoms with van der Waals surface area (Å²) in [6.07, 6.45) is 0. The van der Waals surface area contributed by atoms with Gasteiger partial charge in [0.2, 0.25) is 0 Å². The monoisotopic (exact) mass is 221 g/mol. The first-order valence-electron chi connectivity index (χ1n) is 5.21. The highest BCUT2D eigenvalue weighted by atomic mass is 16.5. The molecule has 16 heavy (non-hydrogen) atoms. The van der Waals surface area contributed by atoms with Crippen molar-refractivity contribution in [2.45, 2.75) is 19.3 Å². The van der Waals surface area contributed by atoms with Gasteiger partial charge in [0.05, 0.1) is 12.3 Å². The Bertz CT molecular complexity index is 426. The van der Waals surface area contributed by atoms with Crippen LogP contribution in [0.1, 0.15) is 19.4 Å². The van der Waals surface area contributed by atoms with Crippen molar-refractivity contribution in [3.8, 4) is 5.75 Å². The molecule has 86 valence electrons. The molecule has 0 saturated heterocycles. The van der Waals surface area contributed by atoms with Crippen molar-refractivity contribution in [3.05, 3.63) is 23.8 Å². The van der Waals surface area contributed by atoms with Crippen LogP contribution in [0, 0.1) is 0 Å². The normalized spacial score (nSPS) is 15.1. The van der Waals surface area contributed by atoms with E-state index in [2.05, 4.69) is 5.32 Å². The summed E-state index contributed by atoms with van der Waals surface area (Å²) in [5.41, 5.74) is 1.16. The Kier molecular flexibility index (Phi) is 2.59. The van der Waals surface area contributed by atoms with E-state index in [0.717, 1.165) is 5.56 Å². The second-order valence-electron chi connectivity index (χ2n) is 4.56. The number of carbonyl (C=O) groups excluding carboxylic acids is 1. The highest BCUT2D eigenvalue weighted by Gasteiger charge is 2.27. The first-order valence-corrected chi connectivity index (χ1v) is 5.21. The van der Waals surface area contributed by atoms with Crippen molar-refractivity contribution in [1.29, 1.82) is 0 Å². The molecule has 1 aromatic rings. The molecule has 1 amide bonds. The van der Waals surface area contributed by atoms with Crippen LogP contribution in [0.5, 0.6) is 5.75 Å². The lowest BCUT2D eigenvalue weighted by atomic mass is 9.84. The van der Waals surface area contributed by atoms with Crippen molar-refractivity contribution in [2.24, 2.45) is 0 Å². The van der Waals surface area contributed by atoms with Crippen molar-refractivity contribution < 1.29 is 14.6 Å². The highest BCUT2D eigenvalue weighted by molar-refractivity contribution is 5.96. The molecule has 0 aromatic heterocycles. The molecular formula is C12H15NO3. The minimum atomic E-state index is -0.403. The lowest BCUT2D eigenvalue weighted by molar-refractivity contribution is -0.118. The van der Waals surface area contributed by atoms with Gasteiger partial charge >= 0.3 is 0 Å². The Morgan fingerprint density at radius 3 is 2.94 bits per heavy atom. The fraction of sp³-hybridized carbons (Fsp3) is 0.417. The number of ether oxygens (including phenoxy) is 1. The maximum atomic E-state index is 11.3. The quantitative estimate of drug-likeness (QED) is 0.791. The van der Waals surface area contributed by atoms with Gasteiger partial charge in [0.15, 0.2) is 6.61 Å². The average Bonchev–Trinajstić information content (AvgIpc) is 2.28. The number of nitrogens with one attached hydrogen (secondary N) is 1. The van der Waals surface area contributed by atoms with Gasteiger partial charge in [-0.05, 0) is 11.6 Å². The second-order valence-corrected chi connectivity index (χ2v) is 4.56. The van der Waals surface area contributed by atoms with E-state index in [1.165, 1.54) is 0 Å². The highest BCUT2D eigenvalue weighted by Crippen LogP contribution is 2.37. The molecule has 1 aliphatic heterocycles. The summed E-state index contributed by atoms with van der Waals surface area (Å²) in [5.74, 6) is 0.507. The molecular weight excluding hydrogens is 206 g/mol. The van der Waals surface area contributed by atoms with Crippen LogP contribution in [0.2, 0.25) is 0 Å². The molecule has 0 fully saturated rings. The van der Waals surface area contributed by atoms with Gasteiger partial charge < -0.3 is 15.2 Å². The van der Waals surface area contributed by atoms with E-state index in [9.17, 15) is 9.90 Å². The Balaban J connectivity index is 2.51. The molecule has 0 spiro atoms. The minimum Gasteiger partial charge on any atom is -0.482 e. The fourth-order valence-corrected chi connectivity index (χ4v) is 1.75. The van der Waals surface area contributed by atoms with E-state index in [0.29, 0.717) is 11.4 Å². The maximum absolute atomic E-state index is 11.3. The summed E-state index contributed by atoms with van der Waals surface area (Å²) in [7, 11) is 0. The molecule has 4 heteroatoms. The predicted molar refractivity (Wildman–Crippen MR) is 60.7 cm³/mol. The summed E-state index contributed by atoms with van der Waals surface area (Å²) in [6, 6.07) is 5.57. The van der Waals surface area contributed by atoms with Crippen LogP contribution in [-0.2, 0) is 10.2 Å². The number of rotatable bonds is 2. The SMILES string of the molecule is CC(C)(CO)c1cccc2c1NC(=O)CO2. The molecule has 0 unspecified atom stereocenters. The second kappa shape index (κ2) is 3.79. The number of aliphatic hydroxyl groups excluding tert-OH is 1. The third-order valence-corrected chi connectivity index (χ3v) is 2.77. The number of para-hydroxylation sites is 1. The van der Waals surface area contributed by atoms with Gasteiger partial charge in [-0.1, -0.05) is 26.0 Å². The minimum absolute atomic E-state index is 0.0132. The topological polar surface area (TPSA) is 58.6 Å². The van der Waals surface area contributed by atoms with Crippen molar-refractivity contribution in [1.82, 2.24) is 0 Å². The zero-order chi connectivity index (χ0) is 11.8.